The lowest BCUT2D eigenvalue weighted by Gasteiger charge is -2.18. The highest BCUT2D eigenvalue weighted by atomic mass is 35.5. The van der Waals surface area contributed by atoms with E-state index in [2.05, 4.69) is 10.6 Å². The number of anilines is 2. The molecule has 3 aromatic rings. The highest BCUT2D eigenvalue weighted by Crippen LogP contribution is 2.38. The van der Waals surface area contributed by atoms with E-state index in [0.29, 0.717) is 58.2 Å². The van der Waals surface area contributed by atoms with Gasteiger partial charge in [0.15, 0.2) is 11.5 Å². The number of rotatable bonds is 10. The lowest BCUT2D eigenvalue weighted by molar-refractivity contribution is 0.101. The third kappa shape index (κ3) is 5.96. The molecule has 0 heterocycles. The summed E-state index contributed by atoms with van der Waals surface area (Å²) in [5.74, 6) is 0.593. The van der Waals surface area contributed by atoms with E-state index < -0.39 is 11.8 Å². The van der Waals surface area contributed by atoms with Crippen molar-refractivity contribution in [1.29, 1.82) is 0 Å². The second kappa shape index (κ2) is 12.0. The molecule has 0 saturated heterocycles. The van der Waals surface area contributed by atoms with Crippen molar-refractivity contribution < 1.29 is 28.5 Å². The maximum absolute atomic E-state index is 13.1. The molecular weight excluding hydrogens is 472 g/mol. The summed E-state index contributed by atoms with van der Waals surface area (Å²) < 4.78 is 22.2. The van der Waals surface area contributed by atoms with E-state index in [1.165, 1.54) is 14.2 Å². The van der Waals surface area contributed by atoms with Crippen molar-refractivity contribution in [2.45, 2.75) is 13.8 Å². The van der Waals surface area contributed by atoms with Gasteiger partial charge in [-0.05, 0) is 38.1 Å². The average molecular weight is 499 g/mol. The number of carbonyl (C=O) groups excluding carboxylic acids is 2. The Kier molecular flexibility index (Phi) is 8.80. The first-order chi connectivity index (χ1) is 16.9. The van der Waals surface area contributed by atoms with Crippen LogP contribution < -0.4 is 29.6 Å². The van der Waals surface area contributed by atoms with Gasteiger partial charge in [0.05, 0.1) is 55.0 Å². The third-order valence-electron chi connectivity index (χ3n) is 4.94. The van der Waals surface area contributed by atoms with Crippen LogP contribution in [0.1, 0.15) is 34.6 Å². The molecule has 0 fully saturated rings. The number of nitrogens with one attached hydrogen (secondary N) is 2. The number of carbonyl (C=O) groups is 2. The summed E-state index contributed by atoms with van der Waals surface area (Å²) in [5, 5.41) is 5.99. The highest BCUT2D eigenvalue weighted by Gasteiger charge is 2.21. The van der Waals surface area contributed by atoms with Crippen molar-refractivity contribution in [2.24, 2.45) is 0 Å². The lowest BCUT2D eigenvalue weighted by Crippen LogP contribution is -2.16. The van der Waals surface area contributed by atoms with Gasteiger partial charge in [0.2, 0.25) is 0 Å². The second-order valence-electron chi connectivity index (χ2n) is 7.14. The van der Waals surface area contributed by atoms with Crippen LogP contribution in [0.2, 0.25) is 5.02 Å². The van der Waals surface area contributed by atoms with Crippen molar-refractivity contribution in [2.75, 3.05) is 38.1 Å². The second-order valence-corrected chi connectivity index (χ2v) is 7.55. The summed E-state index contributed by atoms with van der Waals surface area (Å²) in [5.41, 5.74) is 1.33. The lowest BCUT2D eigenvalue weighted by atomic mass is 10.1. The fraction of sp³-hybridized carbons (Fsp3) is 0.231. The zero-order valence-electron chi connectivity index (χ0n) is 19.9. The zero-order chi connectivity index (χ0) is 25.4. The molecule has 2 amide bonds. The number of ether oxygens (including phenoxy) is 4. The van der Waals surface area contributed by atoms with Gasteiger partial charge >= 0.3 is 0 Å². The standard InChI is InChI=1S/C26H27ClN2O6/c1-5-34-22-15-20(29-26(31)17-11-9-13-21(32-3)24(17)33-4)23(35-6-2)14-19(22)28-25(30)16-10-7-8-12-18(16)27/h7-15H,5-6H2,1-4H3,(H,28,30)(H,29,31). The Morgan fingerprint density at radius 3 is 1.80 bits per heavy atom. The van der Waals surface area contributed by atoms with E-state index in [0.717, 1.165) is 0 Å². The van der Waals surface area contributed by atoms with Crippen LogP contribution in [0, 0.1) is 0 Å². The molecule has 0 aromatic heterocycles. The number of hydrogen-bond acceptors (Lipinski definition) is 6. The van der Waals surface area contributed by atoms with Crippen molar-refractivity contribution in [1.82, 2.24) is 0 Å². The topological polar surface area (TPSA) is 95.1 Å². The molecule has 0 atom stereocenters. The van der Waals surface area contributed by atoms with Crippen molar-refractivity contribution in [3.05, 3.63) is 70.7 Å². The quantitative estimate of drug-likeness (QED) is 0.374. The average Bonchev–Trinajstić information content (AvgIpc) is 2.86. The Morgan fingerprint density at radius 1 is 0.743 bits per heavy atom. The molecule has 0 aliphatic heterocycles. The maximum atomic E-state index is 13.1. The van der Waals surface area contributed by atoms with Gasteiger partial charge in [0, 0.05) is 12.1 Å². The molecule has 0 bridgehead atoms. The Morgan fingerprint density at radius 2 is 1.29 bits per heavy atom. The minimum atomic E-state index is -0.433. The Bertz CT molecular complexity index is 1210. The molecule has 3 aromatic carbocycles. The SMILES string of the molecule is CCOc1cc(NC(=O)c2cccc(OC)c2OC)c(OCC)cc1NC(=O)c1ccccc1Cl. The first-order valence-electron chi connectivity index (χ1n) is 10.9. The van der Waals surface area contributed by atoms with Crippen LogP contribution >= 0.6 is 11.6 Å². The van der Waals surface area contributed by atoms with Gasteiger partial charge in [-0.2, -0.15) is 0 Å². The predicted molar refractivity (Wildman–Crippen MR) is 136 cm³/mol. The number of para-hydroxylation sites is 1. The molecular formula is C26H27ClN2O6. The number of benzene rings is 3. The van der Waals surface area contributed by atoms with Crippen molar-refractivity contribution in [3.63, 3.8) is 0 Å². The first kappa shape index (κ1) is 25.7. The number of amides is 2. The van der Waals surface area contributed by atoms with Crippen LogP contribution in [0.5, 0.6) is 23.0 Å². The fourth-order valence-corrected chi connectivity index (χ4v) is 3.62. The summed E-state index contributed by atoms with van der Waals surface area (Å²) in [6.07, 6.45) is 0. The molecule has 3 rings (SSSR count). The van der Waals surface area contributed by atoms with Gasteiger partial charge in [-0.1, -0.05) is 29.8 Å². The highest BCUT2D eigenvalue weighted by molar-refractivity contribution is 6.34. The summed E-state index contributed by atoms with van der Waals surface area (Å²) in [7, 11) is 2.96. The largest absolute Gasteiger partial charge is 0.493 e. The molecule has 2 N–H and O–H groups in total. The fourth-order valence-electron chi connectivity index (χ4n) is 3.40. The van der Waals surface area contributed by atoms with Gasteiger partial charge in [0.25, 0.3) is 11.8 Å². The van der Waals surface area contributed by atoms with Crippen LogP contribution in [0.4, 0.5) is 11.4 Å². The molecule has 0 aliphatic carbocycles. The number of halogens is 1. The molecule has 0 spiro atoms. The molecule has 0 radical (unpaired) electrons. The summed E-state index contributed by atoms with van der Waals surface area (Å²) in [4.78, 5) is 26.0. The number of methoxy groups -OCH3 is 2. The minimum absolute atomic E-state index is 0.281. The molecule has 0 saturated carbocycles. The molecule has 0 aliphatic rings. The Hall–Kier alpha value is -3.91. The minimum Gasteiger partial charge on any atom is -0.493 e. The van der Waals surface area contributed by atoms with E-state index in [-0.39, 0.29) is 5.56 Å². The summed E-state index contributed by atoms with van der Waals surface area (Å²) in [6, 6.07) is 14.9. The third-order valence-corrected chi connectivity index (χ3v) is 5.27. The molecule has 35 heavy (non-hydrogen) atoms. The Labute approximate surface area is 209 Å². The van der Waals surface area contributed by atoms with E-state index >= 15 is 0 Å². The van der Waals surface area contributed by atoms with Crippen molar-refractivity contribution in [3.8, 4) is 23.0 Å². The van der Waals surface area contributed by atoms with Gasteiger partial charge < -0.3 is 29.6 Å². The smallest absolute Gasteiger partial charge is 0.259 e. The van der Waals surface area contributed by atoms with Crippen LogP contribution in [0.3, 0.4) is 0 Å². The van der Waals surface area contributed by atoms with Crippen LogP contribution in [0.25, 0.3) is 0 Å². The maximum Gasteiger partial charge on any atom is 0.259 e. The van der Waals surface area contributed by atoms with Gasteiger partial charge in [0.1, 0.15) is 11.5 Å². The van der Waals surface area contributed by atoms with E-state index in [4.69, 9.17) is 30.5 Å². The van der Waals surface area contributed by atoms with Gasteiger partial charge in [-0.25, -0.2) is 0 Å². The van der Waals surface area contributed by atoms with E-state index in [9.17, 15) is 9.59 Å². The zero-order valence-corrected chi connectivity index (χ0v) is 20.7. The van der Waals surface area contributed by atoms with Crippen LogP contribution in [-0.4, -0.2) is 39.2 Å². The number of hydrogen-bond donors (Lipinski definition) is 2. The molecule has 9 heteroatoms. The summed E-state index contributed by atoms with van der Waals surface area (Å²) >= 11 is 6.17. The predicted octanol–water partition coefficient (Wildman–Crippen LogP) is 5.66. The van der Waals surface area contributed by atoms with E-state index in [1.807, 2.05) is 13.8 Å². The normalized spacial score (nSPS) is 10.3. The Balaban J connectivity index is 1.98. The van der Waals surface area contributed by atoms with Gasteiger partial charge in [-0.3, -0.25) is 9.59 Å². The van der Waals surface area contributed by atoms with Crippen LogP contribution in [0.15, 0.2) is 54.6 Å². The van der Waals surface area contributed by atoms with Crippen molar-refractivity contribution >= 4 is 34.8 Å². The first-order valence-corrected chi connectivity index (χ1v) is 11.3. The summed E-state index contributed by atoms with van der Waals surface area (Å²) in [6.45, 7) is 4.29. The molecule has 8 nitrogen and oxygen atoms in total. The molecule has 0 unspecified atom stereocenters. The van der Waals surface area contributed by atoms with Gasteiger partial charge in [-0.15, -0.1) is 0 Å². The molecule has 184 valence electrons. The van der Waals surface area contributed by atoms with Crippen LogP contribution in [-0.2, 0) is 0 Å². The van der Waals surface area contributed by atoms with E-state index in [1.54, 1.807) is 54.6 Å². The monoisotopic (exact) mass is 498 g/mol.